The first-order chi connectivity index (χ1) is 22.1. The number of rotatable bonds is 16. The van der Waals surface area contributed by atoms with Crippen LogP contribution in [0.3, 0.4) is 0 Å². The number of oxime groups is 1. The minimum atomic E-state index is -4.17. The van der Waals surface area contributed by atoms with Crippen molar-refractivity contribution >= 4 is 39.5 Å². The highest BCUT2D eigenvalue weighted by Gasteiger charge is 2.45. The molecule has 2 aromatic carbocycles. The molecule has 0 heterocycles. The first-order valence-electron chi connectivity index (χ1n) is 15.7. The average Bonchev–Trinajstić information content (AvgIpc) is 3.03. The summed E-state index contributed by atoms with van der Waals surface area (Å²) in [5.41, 5.74) is 1.19. The Balaban J connectivity index is 1.69. The minimum Gasteiger partial charge on any atom is -0.469 e. The van der Waals surface area contributed by atoms with Gasteiger partial charge in [0, 0.05) is 5.56 Å². The van der Waals surface area contributed by atoms with E-state index in [1.807, 2.05) is 31.2 Å². The molecule has 2 atom stereocenters. The highest BCUT2D eigenvalue weighted by molar-refractivity contribution is 7.86. The molecule has 47 heavy (non-hydrogen) atoms. The van der Waals surface area contributed by atoms with E-state index in [0.717, 1.165) is 29.5 Å². The second kappa shape index (κ2) is 16.2. The number of esters is 3. The monoisotopic (exact) mass is 671 g/mol. The minimum absolute atomic E-state index is 0.0453. The SMILES string of the molecule is CCC(CC(C)(CC(C)(C)C(=O)OCCOC(=O)CC(C)=O)C(=O)OC)c1ccc(S(=O)(=O)ON=C2CCCc3ccccc32)cc1. The fourth-order valence-electron chi connectivity index (χ4n) is 6.04. The molecule has 0 aliphatic heterocycles. The third kappa shape index (κ3) is 10.2. The van der Waals surface area contributed by atoms with Gasteiger partial charge in [0.1, 0.15) is 30.3 Å². The van der Waals surface area contributed by atoms with Crippen LogP contribution in [-0.4, -0.2) is 58.1 Å². The van der Waals surface area contributed by atoms with E-state index in [1.165, 1.54) is 26.2 Å². The van der Waals surface area contributed by atoms with Gasteiger partial charge < -0.3 is 14.2 Å². The van der Waals surface area contributed by atoms with Crippen LogP contribution in [-0.2, 0) is 54.2 Å². The zero-order valence-corrected chi connectivity index (χ0v) is 28.8. The summed E-state index contributed by atoms with van der Waals surface area (Å²) in [6, 6.07) is 14.0. The Hall–Kier alpha value is -4.06. The molecule has 0 spiro atoms. The number of hydrogen-bond acceptors (Lipinski definition) is 11. The van der Waals surface area contributed by atoms with E-state index in [-0.39, 0.29) is 42.7 Å². The van der Waals surface area contributed by atoms with Gasteiger partial charge >= 0.3 is 28.0 Å². The molecule has 0 radical (unpaired) electrons. The van der Waals surface area contributed by atoms with Crippen LogP contribution < -0.4 is 0 Å². The predicted molar refractivity (Wildman–Crippen MR) is 174 cm³/mol. The highest BCUT2D eigenvalue weighted by Crippen LogP contribution is 2.43. The van der Waals surface area contributed by atoms with Crippen molar-refractivity contribution in [3.8, 4) is 0 Å². The number of benzene rings is 2. The predicted octanol–water partition coefficient (Wildman–Crippen LogP) is 5.68. The van der Waals surface area contributed by atoms with Crippen molar-refractivity contribution in [2.75, 3.05) is 20.3 Å². The van der Waals surface area contributed by atoms with Crippen LogP contribution in [0, 0.1) is 10.8 Å². The molecule has 3 rings (SSSR count). The number of ketones is 1. The first-order valence-corrected chi connectivity index (χ1v) is 17.1. The van der Waals surface area contributed by atoms with Crippen molar-refractivity contribution in [3.63, 3.8) is 0 Å². The largest absolute Gasteiger partial charge is 0.469 e. The number of Topliss-reactive ketones (excluding diaryl/α,β-unsaturated/α-hetero) is 1. The van der Waals surface area contributed by atoms with Crippen LogP contribution in [0.1, 0.15) is 95.8 Å². The van der Waals surface area contributed by atoms with Gasteiger partial charge in [0.05, 0.1) is 23.7 Å². The molecule has 0 fully saturated rings. The average molecular weight is 672 g/mol. The molecule has 1 aliphatic carbocycles. The van der Waals surface area contributed by atoms with Crippen molar-refractivity contribution in [3.05, 3.63) is 65.2 Å². The lowest BCUT2D eigenvalue weighted by Crippen LogP contribution is -2.40. The van der Waals surface area contributed by atoms with E-state index < -0.39 is 38.9 Å². The van der Waals surface area contributed by atoms with Gasteiger partial charge in [-0.15, -0.1) is 0 Å². The van der Waals surface area contributed by atoms with Gasteiger partial charge in [-0.25, -0.2) is 0 Å². The topological polar surface area (TPSA) is 152 Å². The molecule has 0 amide bonds. The number of carbonyl (C=O) groups excluding carboxylic acids is 4. The lowest BCUT2D eigenvalue weighted by molar-refractivity contribution is -0.165. The number of hydrogen-bond donors (Lipinski definition) is 0. The highest BCUT2D eigenvalue weighted by atomic mass is 32.2. The zero-order chi connectivity index (χ0) is 34.8. The van der Waals surface area contributed by atoms with Crippen LogP contribution in [0.5, 0.6) is 0 Å². The van der Waals surface area contributed by atoms with Gasteiger partial charge in [0.25, 0.3) is 0 Å². The molecule has 256 valence electrons. The van der Waals surface area contributed by atoms with Crippen LogP contribution in [0.25, 0.3) is 0 Å². The van der Waals surface area contributed by atoms with Gasteiger partial charge in [-0.2, -0.15) is 8.42 Å². The lowest BCUT2D eigenvalue weighted by atomic mass is 9.68. The zero-order valence-electron chi connectivity index (χ0n) is 28.0. The normalized spacial score (nSPS) is 15.9. The Labute approximate surface area is 277 Å². The van der Waals surface area contributed by atoms with Gasteiger partial charge in [-0.3, -0.25) is 23.5 Å². The Morgan fingerprint density at radius 1 is 0.915 bits per heavy atom. The number of methoxy groups -OCH3 is 1. The number of aryl methyl sites for hydroxylation is 1. The van der Waals surface area contributed by atoms with Crippen molar-refractivity contribution in [2.45, 2.75) is 90.4 Å². The summed E-state index contributed by atoms with van der Waals surface area (Å²) in [5.74, 6) is -2.29. The summed E-state index contributed by atoms with van der Waals surface area (Å²) >= 11 is 0. The van der Waals surface area contributed by atoms with E-state index in [1.54, 1.807) is 32.9 Å². The van der Waals surface area contributed by atoms with Gasteiger partial charge in [0.2, 0.25) is 0 Å². The van der Waals surface area contributed by atoms with Gasteiger partial charge in [0.15, 0.2) is 0 Å². The quantitative estimate of drug-likeness (QED) is 0.0717. The maximum atomic E-state index is 13.1. The molecule has 0 saturated heterocycles. The van der Waals surface area contributed by atoms with E-state index in [9.17, 15) is 27.6 Å². The number of nitrogens with zero attached hydrogens (tertiary/aromatic N) is 1. The number of fused-ring (bicyclic) bond motifs is 1. The van der Waals surface area contributed by atoms with E-state index in [2.05, 4.69) is 5.16 Å². The van der Waals surface area contributed by atoms with Crippen LogP contribution >= 0.6 is 0 Å². The molecule has 0 saturated carbocycles. The molecule has 0 N–H and O–H groups in total. The summed E-state index contributed by atoms with van der Waals surface area (Å²) in [6.45, 7) is 7.89. The van der Waals surface area contributed by atoms with E-state index in [0.29, 0.717) is 25.0 Å². The maximum Gasteiger partial charge on any atom is 0.358 e. The van der Waals surface area contributed by atoms with Crippen molar-refractivity contribution in [1.82, 2.24) is 0 Å². The molecular weight excluding hydrogens is 626 g/mol. The van der Waals surface area contributed by atoms with E-state index >= 15 is 0 Å². The molecule has 2 unspecified atom stereocenters. The van der Waals surface area contributed by atoms with Crippen molar-refractivity contribution in [2.24, 2.45) is 16.0 Å². The van der Waals surface area contributed by atoms with Gasteiger partial charge in [-0.1, -0.05) is 48.5 Å². The summed E-state index contributed by atoms with van der Waals surface area (Å²) in [6.07, 6.45) is 3.05. The fourth-order valence-corrected chi connectivity index (χ4v) is 6.79. The molecule has 2 aromatic rings. The third-order valence-electron chi connectivity index (χ3n) is 8.30. The summed E-state index contributed by atoms with van der Waals surface area (Å²) in [4.78, 5) is 48.7. The molecule has 11 nitrogen and oxygen atoms in total. The molecule has 0 aromatic heterocycles. The molecule has 1 aliphatic rings. The smallest absolute Gasteiger partial charge is 0.358 e. The standard InChI is InChI=1S/C35H45NO10S/c1-7-25(22-35(5,33(40)43-6)23-34(3,4)32(39)45-20-19-44-31(38)21-24(2)37)26-15-17-28(18-16-26)47(41,42)46-36-30-14-10-12-27-11-8-9-13-29(27)30/h8-9,11,13,15-18,25H,7,10,12,14,19-23H2,1-6H3. The number of carbonyl (C=O) groups is 4. The summed E-state index contributed by atoms with van der Waals surface area (Å²) in [7, 11) is -2.88. The van der Waals surface area contributed by atoms with Gasteiger partial charge in [-0.05, 0) is 95.4 Å². The van der Waals surface area contributed by atoms with Crippen molar-refractivity contribution < 1.29 is 46.1 Å². The van der Waals surface area contributed by atoms with Crippen molar-refractivity contribution in [1.29, 1.82) is 0 Å². The molecule has 0 bridgehead atoms. The Kier molecular flexibility index (Phi) is 12.9. The Morgan fingerprint density at radius 2 is 1.57 bits per heavy atom. The third-order valence-corrected chi connectivity index (χ3v) is 9.42. The van der Waals surface area contributed by atoms with Crippen LogP contribution in [0.15, 0.2) is 58.6 Å². The fraction of sp³-hybridized carbons (Fsp3) is 0.514. The Bertz CT molecular complexity index is 1580. The second-order valence-electron chi connectivity index (χ2n) is 12.8. The lowest BCUT2D eigenvalue weighted by Gasteiger charge is -2.36. The number of ether oxygens (including phenoxy) is 3. The maximum absolute atomic E-state index is 13.1. The summed E-state index contributed by atoms with van der Waals surface area (Å²) < 4.78 is 46.5. The second-order valence-corrected chi connectivity index (χ2v) is 14.3. The van der Waals surface area contributed by atoms with E-state index in [4.69, 9.17) is 18.5 Å². The Morgan fingerprint density at radius 3 is 2.21 bits per heavy atom. The molecule has 12 heteroatoms. The summed E-state index contributed by atoms with van der Waals surface area (Å²) in [5, 5.41) is 4.02. The molecular formula is C35H45NO10S. The van der Waals surface area contributed by atoms with Crippen LogP contribution in [0.4, 0.5) is 0 Å². The first kappa shape index (κ1) is 37.4. The van der Waals surface area contributed by atoms with Crippen LogP contribution in [0.2, 0.25) is 0 Å².